The lowest BCUT2D eigenvalue weighted by molar-refractivity contribution is 0.669. The number of furan rings is 1. The van der Waals surface area contributed by atoms with Crippen LogP contribution < -0.4 is 4.90 Å². The molecule has 1 heterocycles. The van der Waals surface area contributed by atoms with Gasteiger partial charge in [0, 0.05) is 27.8 Å². The molecule has 0 aliphatic rings. The molecule has 2 heteroatoms. The third kappa shape index (κ3) is 7.12. The zero-order chi connectivity index (χ0) is 43.8. The molecule has 0 aliphatic carbocycles. The Morgan fingerprint density at radius 1 is 0.242 bits per heavy atom. The van der Waals surface area contributed by atoms with Crippen LogP contribution in [0.1, 0.15) is 0 Å². The largest absolute Gasteiger partial charge is 0.456 e. The summed E-state index contributed by atoms with van der Waals surface area (Å²) in [5, 5.41) is 4.75. The Morgan fingerprint density at radius 2 is 0.652 bits per heavy atom. The molecule has 0 bridgehead atoms. The summed E-state index contributed by atoms with van der Waals surface area (Å²) < 4.78 is 6.27. The molecule has 0 aliphatic heterocycles. The summed E-state index contributed by atoms with van der Waals surface area (Å²) in [5.74, 6) is 0. The summed E-state index contributed by atoms with van der Waals surface area (Å²) in [4.78, 5) is 2.35. The monoisotopic (exact) mass is 841 g/mol. The Bertz CT molecular complexity index is 3680. The van der Waals surface area contributed by atoms with E-state index in [1.54, 1.807) is 0 Å². The summed E-state index contributed by atoms with van der Waals surface area (Å²) in [6.45, 7) is 0. The first kappa shape index (κ1) is 38.9. The molecule has 0 N–H and O–H groups in total. The van der Waals surface area contributed by atoms with Crippen molar-refractivity contribution < 1.29 is 4.42 Å². The predicted octanol–water partition coefficient (Wildman–Crippen LogP) is 18.2. The second-order valence-electron chi connectivity index (χ2n) is 16.8. The number of nitrogens with zero attached hydrogens (tertiary/aromatic N) is 1. The highest BCUT2D eigenvalue weighted by atomic mass is 16.3. The van der Waals surface area contributed by atoms with Gasteiger partial charge in [0.15, 0.2) is 0 Å². The van der Waals surface area contributed by atoms with Crippen LogP contribution in [0.2, 0.25) is 0 Å². The lowest BCUT2D eigenvalue weighted by Crippen LogP contribution is -2.09. The van der Waals surface area contributed by atoms with Crippen LogP contribution in [-0.2, 0) is 0 Å². The van der Waals surface area contributed by atoms with Crippen molar-refractivity contribution in [1.29, 1.82) is 0 Å². The molecule has 0 saturated carbocycles. The third-order valence-corrected chi connectivity index (χ3v) is 12.9. The van der Waals surface area contributed by atoms with Crippen LogP contribution in [0, 0.1) is 0 Å². The van der Waals surface area contributed by atoms with Crippen LogP contribution in [0.25, 0.3) is 99.5 Å². The third-order valence-electron chi connectivity index (χ3n) is 12.9. The molecule has 0 fully saturated rings. The Hall–Kier alpha value is -8.72. The summed E-state index contributed by atoms with van der Waals surface area (Å²) in [6, 6.07) is 93.8. The maximum absolute atomic E-state index is 6.27. The number of hydrogen-bond acceptors (Lipinski definition) is 2. The molecule has 1 aromatic heterocycles. The Balaban J connectivity index is 0.934. The lowest BCUT2D eigenvalue weighted by atomic mass is 9.87. The predicted molar refractivity (Wildman–Crippen MR) is 279 cm³/mol. The first-order chi connectivity index (χ1) is 32.7. The summed E-state index contributed by atoms with van der Waals surface area (Å²) >= 11 is 0. The molecule has 12 rings (SSSR count). The van der Waals surface area contributed by atoms with Crippen molar-refractivity contribution in [2.45, 2.75) is 0 Å². The maximum atomic E-state index is 6.27. The molecule has 0 spiro atoms. The minimum Gasteiger partial charge on any atom is -0.456 e. The van der Waals surface area contributed by atoms with E-state index in [1.165, 1.54) is 60.8 Å². The average Bonchev–Trinajstić information content (AvgIpc) is 3.79. The van der Waals surface area contributed by atoms with E-state index >= 15 is 0 Å². The molecule has 66 heavy (non-hydrogen) atoms. The van der Waals surface area contributed by atoms with E-state index in [2.05, 4.69) is 254 Å². The average molecular weight is 842 g/mol. The molecule has 0 radical (unpaired) electrons. The summed E-state index contributed by atoms with van der Waals surface area (Å²) in [7, 11) is 0. The van der Waals surface area contributed by atoms with Gasteiger partial charge in [-0.15, -0.1) is 0 Å². The molecule has 0 atom stereocenters. The fourth-order valence-corrected chi connectivity index (χ4v) is 9.72. The second kappa shape index (κ2) is 16.8. The molecule has 12 aromatic rings. The van der Waals surface area contributed by atoms with Gasteiger partial charge < -0.3 is 9.32 Å². The summed E-state index contributed by atoms with van der Waals surface area (Å²) in [5.41, 5.74) is 19.3. The first-order valence-electron chi connectivity index (χ1n) is 22.6. The van der Waals surface area contributed by atoms with Gasteiger partial charge >= 0.3 is 0 Å². The van der Waals surface area contributed by atoms with E-state index in [9.17, 15) is 0 Å². The van der Waals surface area contributed by atoms with Crippen LogP contribution in [0.3, 0.4) is 0 Å². The van der Waals surface area contributed by atoms with Crippen molar-refractivity contribution >= 4 is 49.8 Å². The van der Waals surface area contributed by atoms with E-state index in [4.69, 9.17) is 4.42 Å². The van der Waals surface area contributed by atoms with Gasteiger partial charge in [-0.1, -0.05) is 206 Å². The Kier molecular flexibility index (Phi) is 9.89. The fourth-order valence-electron chi connectivity index (χ4n) is 9.72. The first-order valence-corrected chi connectivity index (χ1v) is 22.6. The smallest absolute Gasteiger partial charge is 0.136 e. The van der Waals surface area contributed by atoms with Gasteiger partial charge in [-0.3, -0.25) is 0 Å². The molecule has 0 saturated heterocycles. The minimum atomic E-state index is 0.896. The number of benzene rings is 11. The SMILES string of the molecule is c1ccc(-c2ccccc2-c2ccccc2-c2ccccc2-c2ccc(N(c3ccc(-c4ccc5ccccc5c4)cc3)c3ccc(-c4cccc5oc6ccccc6c45)cc3)cc2)cc1. The molecule has 0 amide bonds. The highest BCUT2D eigenvalue weighted by molar-refractivity contribution is 6.12. The van der Waals surface area contributed by atoms with Crippen LogP contribution in [0.15, 0.2) is 265 Å². The molecular formula is C64H43NO. The second-order valence-corrected chi connectivity index (χ2v) is 16.8. The van der Waals surface area contributed by atoms with Crippen molar-refractivity contribution in [2.75, 3.05) is 4.90 Å². The number of anilines is 3. The molecule has 2 nitrogen and oxygen atoms in total. The van der Waals surface area contributed by atoms with Gasteiger partial charge in [0.25, 0.3) is 0 Å². The quantitative estimate of drug-likeness (QED) is 0.144. The molecule has 310 valence electrons. The van der Waals surface area contributed by atoms with E-state index in [-0.39, 0.29) is 0 Å². The normalized spacial score (nSPS) is 11.3. The number of hydrogen-bond donors (Lipinski definition) is 0. The number of rotatable bonds is 9. The van der Waals surface area contributed by atoms with Gasteiger partial charge in [-0.2, -0.15) is 0 Å². The van der Waals surface area contributed by atoms with E-state index in [1.807, 2.05) is 12.1 Å². The Morgan fingerprint density at radius 3 is 1.26 bits per heavy atom. The fraction of sp³-hybridized carbons (Fsp3) is 0. The van der Waals surface area contributed by atoms with Crippen LogP contribution >= 0.6 is 0 Å². The van der Waals surface area contributed by atoms with Gasteiger partial charge in [0.1, 0.15) is 11.2 Å². The van der Waals surface area contributed by atoms with Gasteiger partial charge in [-0.25, -0.2) is 0 Å². The highest BCUT2D eigenvalue weighted by Crippen LogP contribution is 2.44. The van der Waals surface area contributed by atoms with E-state index in [0.717, 1.165) is 55.7 Å². The summed E-state index contributed by atoms with van der Waals surface area (Å²) in [6.07, 6.45) is 0. The number of fused-ring (bicyclic) bond motifs is 4. The number of para-hydroxylation sites is 1. The molecule has 11 aromatic carbocycles. The van der Waals surface area contributed by atoms with Gasteiger partial charge in [0.05, 0.1) is 0 Å². The van der Waals surface area contributed by atoms with Crippen molar-refractivity contribution in [3.05, 3.63) is 261 Å². The zero-order valence-electron chi connectivity index (χ0n) is 36.2. The van der Waals surface area contributed by atoms with Crippen LogP contribution in [0.5, 0.6) is 0 Å². The van der Waals surface area contributed by atoms with E-state index < -0.39 is 0 Å². The van der Waals surface area contributed by atoms with Crippen molar-refractivity contribution in [2.24, 2.45) is 0 Å². The topological polar surface area (TPSA) is 16.4 Å². The van der Waals surface area contributed by atoms with Gasteiger partial charge in [-0.05, 0) is 132 Å². The van der Waals surface area contributed by atoms with Crippen LogP contribution in [0.4, 0.5) is 17.1 Å². The van der Waals surface area contributed by atoms with Crippen molar-refractivity contribution in [1.82, 2.24) is 0 Å². The van der Waals surface area contributed by atoms with Crippen molar-refractivity contribution in [3.63, 3.8) is 0 Å². The minimum absolute atomic E-state index is 0.896. The molecule has 0 unspecified atom stereocenters. The standard InChI is InChI=1S/C64H43NO/c1-2-16-46(17-3-1)54-19-6-8-21-57(54)59-23-10-11-24-60(59)58-22-9-7-20-55(58)47-33-39-52(40-34-47)65(51-37-31-45(32-38-51)50-30-29-44-15-4-5-18-49(44)43-50)53-41-35-48(36-42-53)56-26-14-28-63-64(56)61-25-12-13-27-62(61)66-63/h1-43H. The zero-order valence-corrected chi connectivity index (χ0v) is 36.2. The maximum Gasteiger partial charge on any atom is 0.136 e. The highest BCUT2D eigenvalue weighted by Gasteiger charge is 2.18. The lowest BCUT2D eigenvalue weighted by Gasteiger charge is -2.26. The van der Waals surface area contributed by atoms with Gasteiger partial charge in [0.2, 0.25) is 0 Å². The van der Waals surface area contributed by atoms with E-state index in [0.29, 0.717) is 0 Å². The Labute approximate surface area is 384 Å². The molecular weight excluding hydrogens is 799 g/mol. The van der Waals surface area contributed by atoms with Crippen LogP contribution in [-0.4, -0.2) is 0 Å². The van der Waals surface area contributed by atoms with Crippen molar-refractivity contribution in [3.8, 4) is 66.8 Å².